The van der Waals surface area contributed by atoms with E-state index >= 15 is 0 Å². The number of rotatable bonds is 12. The van der Waals surface area contributed by atoms with Crippen molar-refractivity contribution in [1.29, 1.82) is 0 Å². The van der Waals surface area contributed by atoms with Gasteiger partial charge >= 0.3 is 0 Å². The molecular weight excluding hydrogens is 777 g/mol. The minimum atomic E-state index is 0.904. The zero-order chi connectivity index (χ0) is 43.1. The molecule has 0 radical (unpaired) electrons. The monoisotopic (exact) mass is 822 g/mol. The summed E-state index contributed by atoms with van der Waals surface area (Å²) in [5.74, 6) is 0.904. The number of anilines is 6. The van der Waals surface area contributed by atoms with Crippen LogP contribution in [0.2, 0.25) is 0 Å². The van der Waals surface area contributed by atoms with Crippen molar-refractivity contribution in [2.24, 2.45) is 0 Å². The third-order valence-corrected chi connectivity index (χ3v) is 11.8. The highest BCUT2D eigenvalue weighted by atomic mass is 16.5. The summed E-state index contributed by atoms with van der Waals surface area (Å²) in [4.78, 5) is 4.63. The smallest absolute Gasteiger partial charge is 0.134 e. The predicted molar refractivity (Wildman–Crippen MR) is 272 cm³/mol. The van der Waals surface area contributed by atoms with Crippen LogP contribution in [0.5, 0.6) is 5.75 Å². The average molecular weight is 823 g/mol. The molecule has 0 unspecified atom stereocenters. The van der Waals surface area contributed by atoms with Crippen molar-refractivity contribution < 1.29 is 4.74 Å². The molecule has 0 saturated heterocycles. The fraction of sp³-hybridized carbons (Fsp3) is 0.0164. The Morgan fingerprint density at radius 1 is 0.359 bits per heavy atom. The van der Waals surface area contributed by atoms with Gasteiger partial charge in [0.15, 0.2) is 0 Å². The second-order valence-electron chi connectivity index (χ2n) is 15.7. The van der Waals surface area contributed by atoms with Crippen LogP contribution in [0.15, 0.2) is 255 Å². The lowest BCUT2D eigenvalue weighted by Gasteiger charge is -2.28. The summed E-state index contributed by atoms with van der Waals surface area (Å²) in [6.07, 6.45) is 6.53. The molecule has 0 heterocycles. The maximum Gasteiger partial charge on any atom is 0.134 e. The molecule has 0 aromatic heterocycles. The fourth-order valence-corrected chi connectivity index (χ4v) is 8.78. The van der Waals surface area contributed by atoms with Crippen LogP contribution in [-0.4, -0.2) is 7.11 Å². The molecule has 0 aliphatic carbocycles. The third kappa shape index (κ3) is 8.07. The third-order valence-electron chi connectivity index (χ3n) is 11.8. The van der Waals surface area contributed by atoms with Crippen molar-refractivity contribution in [3.05, 3.63) is 271 Å². The lowest BCUT2D eigenvalue weighted by Crippen LogP contribution is -2.12. The quantitative estimate of drug-likeness (QED) is 0.0902. The lowest BCUT2D eigenvalue weighted by molar-refractivity contribution is 0.424. The molecule has 306 valence electrons. The summed E-state index contributed by atoms with van der Waals surface area (Å²) in [5.41, 5.74) is 13.5. The first-order valence-corrected chi connectivity index (χ1v) is 21.7. The van der Waals surface area contributed by atoms with Crippen molar-refractivity contribution in [2.45, 2.75) is 0 Å². The van der Waals surface area contributed by atoms with Gasteiger partial charge in [0.2, 0.25) is 0 Å². The van der Waals surface area contributed by atoms with E-state index in [1.807, 2.05) is 0 Å². The molecule has 0 N–H and O–H groups in total. The molecule has 0 atom stereocenters. The van der Waals surface area contributed by atoms with Crippen molar-refractivity contribution in [3.63, 3.8) is 0 Å². The highest BCUT2D eigenvalue weighted by Gasteiger charge is 2.19. The van der Waals surface area contributed by atoms with E-state index in [4.69, 9.17) is 4.74 Å². The molecule has 0 bridgehead atoms. The normalized spacial score (nSPS) is 11.1. The molecule has 3 nitrogen and oxygen atoms in total. The minimum absolute atomic E-state index is 0.904. The maximum absolute atomic E-state index is 6.01. The highest BCUT2D eigenvalue weighted by molar-refractivity contribution is 6.17. The van der Waals surface area contributed by atoms with E-state index in [-0.39, 0.29) is 0 Å². The van der Waals surface area contributed by atoms with Crippen LogP contribution in [0.4, 0.5) is 34.1 Å². The Kier molecular flexibility index (Phi) is 11.4. The highest BCUT2D eigenvalue weighted by Crippen LogP contribution is 2.45. The number of allylic oxidation sites excluding steroid dienone is 2. The zero-order valence-electron chi connectivity index (χ0n) is 35.6. The lowest BCUT2D eigenvalue weighted by atomic mass is 9.91. The van der Waals surface area contributed by atoms with Gasteiger partial charge in [-0.1, -0.05) is 188 Å². The van der Waals surface area contributed by atoms with Gasteiger partial charge in [-0.2, -0.15) is 0 Å². The largest absolute Gasteiger partial charge is 0.495 e. The van der Waals surface area contributed by atoms with Gasteiger partial charge in [0.05, 0.1) is 7.11 Å². The van der Waals surface area contributed by atoms with Crippen molar-refractivity contribution in [2.75, 3.05) is 16.9 Å². The number of nitrogens with zero attached hydrogens (tertiary/aromatic N) is 2. The standard InChI is InChI=1S/C61H46N2O/c1-64-61-58-30-16-14-28-56(58)60(57-29-15-17-31-59(57)61)48-35-39-52(40-36-48)63(54-43-41-53(42-44-54)62(49-24-10-4-11-25-49)50-26-12-5-13-27-50)51-37-33-45(34-38-51)19-18-32-55(46-20-6-2-7-21-46)47-22-8-3-9-23-47/h2-44H,1H3. The van der Waals surface area contributed by atoms with E-state index in [2.05, 4.69) is 271 Å². The molecule has 64 heavy (non-hydrogen) atoms. The molecule has 0 spiro atoms. The topological polar surface area (TPSA) is 15.7 Å². The van der Waals surface area contributed by atoms with E-state index in [1.165, 1.54) is 22.3 Å². The number of hydrogen-bond acceptors (Lipinski definition) is 3. The van der Waals surface area contributed by atoms with Gasteiger partial charge in [0.25, 0.3) is 0 Å². The van der Waals surface area contributed by atoms with Crippen LogP contribution in [0.25, 0.3) is 44.3 Å². The molecule has 0 saturated carbocycles. The van der Waals surface area contributed by atoms with Gasteiger partial charge in [-0.15, -0.1) is 0 Å². The Hall–Kier alpha value is -8.40. The summed E-state index contributed by atoms with van der Waals surface area (Å²) in [5, 5.41) is 4.53. The van der Waals surface area contributed by atoms with Gasteiger partial charge in [-0.05, 0) is 117 Å². The summed E-state index contributed by atoms with van der Waals surface area (Å²) >= 11 is 0. The van der Waals surface area contributed by atoms with E-state index in [9.17, 15) is 0 Å². The summed E-state index contributed by atoms with van der Waals surface area (Å²) in [7, 11) is 1.76. The Balaban J connectivity index is 1.04. The molecule has 0 amide bonds. The van der Waals surface area contributed by atoms with Gasteiger partial charge in [0, 0.05) is 44.9 Å². The Morgan fingerprint density at radius 3 is 1.12 bits per heavy atom. The van der Waals surface area contributed by atoms with Gasteiger partial charge < -0.3 is 14.5 Å². The van der Waals surface area contributed by atoms with Crippen LogP contribution in [0.3, 0.4) is 0 Å². The first-order chi connectivity index (χ1) is 31.7. The van der Waals surface area contributed by atoms with Crippen LogP contribution >= 0.6 is 0 Å². The van der Waals surface area contributed by atoms with Crippen molar-refractivity contribution in [3.8, 4) is 16.9 Å². The molecule has 0 aliphatic rings. The number of ether oxygens (including phenoxy) is 1. The molecule has 10 aromatic carbocycles. The second-order valence-corrected chi connectivity index (χ2v) is 15.7. The number of hydrogen-bond donors (Lipinski definition) is 0. The van der Waals surface area contributed by atoms with Crippen molar-refractivity contribution >= 4 is 67.3 Å². The molecule has 3 heteroatoms. The van der Waals surface area contributed by atoms with Gasteiger partial charge in [0.1, 0.15) is 5.75 Å². The average Bonchev–Trinajstić information content (AvgIpc) is 3.37. The Bertz CT molecular complexity index is 3060. The Morgan fingerprint density at radius 2 is 0.703 bits per heavy atom. The van der Waals surface area contributed by atoms with Crippen LogP contribution in [0.1, 0.15) is 16.7 Å². The predicted octanol–water partition coefficient (Wildman–Crippen LogP) is 16.8. The van der Waals surface area contributed by atoms with E-state index in [0.717, 1.165) is 72.5 Å². The van der Waals surface area contributed by atoms with E-state index in [1.54, 1.807) is 7.11 Å². The molecule has 10 rings (SSSR count). The maximum atomic E-state index is 6.01. The zero-order valence-corrected chi connectivity index (χ0v) is 35.6. The fourth-order valence-electron chi connectivity index (χ4n) is 8.78. The van der Waals surface area contributed by atoms with Crippen LogP contribution in [-0.2, 0) is 0 Å². The SMILES string of the molecule is COc1c2ccccc2c(-c2ccc(N(c3ccc(C=CC=C(c4ccccc4)c4ccccc4)cc3)c3ccc(N(c4ccccc4)c4ccccc4)cc3)cc2)c2ccccc12. The van der Waals surface area contributed by atoms with E-state index < -0.39 is 0 Å². The van der Waals surface area contributed by atoms with E-state index in [0.29, 0.717) is 0 Å². The number of fused-ring (bicyclic) bond motifs is 2. The Labute approximate surface area is 375 Å². The summed E-state index contributed by atoms with van der Waals surface area (Å²) in [6.45, 7) is 0. The van der Waals surface area contributed by atoms with Gasteiger partial charge in [-0.25, -0.2) is 0 Å². The molecule has 0 fully saturated rings. The number of para-hydroxylation sites is 2. The first-order valence-electron chi connectivity index (χ1n) is 21.7. The number of benzene rings is 10. The van der Waals surface area contributed by atoms with Crippen LogP contribution in [0, 0.1) is 0 Å². The first kappa shape index (κ1) is 39.7. The molecule has 10 aromatic rings. The van der Waals surface area contributed by atoms with Crippen molar-refractivity contribution in [1.82, 2.24) is 0 Å². The van der Waals surface area contributed by atoms with Gasteiger partial charge in [-0.3, -0.25) is 0 Å². The number of methoxy groups -OCH3 is 1. The molecular formula is C61H46N2O. The summed E-state index contributed by atoms with van der Waals surface area (Å²) in [6, 6.07) is 86.0. The minimum Gasteiger partial charge on any atom is -0.495 e. The second kappa shape index (κ2) is 18.3. The summed E-state index contributed by atoms with van der Waals surface area (Å²) < 4.78 is 6.01. The van der Waals surface area contributed by atoms with Crippen LogP contribution < -0.4 is 14.5 Å². The molecule has 0 aliphatic heterocycles.